The molecule has 1 aliphatic carbocycles. The number of carbonyl (C=O) groups excluding carboxylic acids is 1. The number of amides is 1. The van der Waals surface area contributed by atoms with E-state index < -0.39 is 8.32 Å². The number of fused-ring (bicyclic) bond motifs is 2. The van der Waals surface area contributed by atoms with Gasteiger partial charge in [-0.3, -0.25) is 9.78 Å². The van der Waals surface area contributed by atoms with E-state index in [1.165, 1.54) is 16.9 Å². The van der Waals surface area contributed by atoms with Gasteiger partial charge in [-0.05, 0) is 54.7 Å². The third-order valence-electron chi connectivity index (χ3n) is 6.60. The summed E-state index contributed by atoms with van der Waals surface area (Å²) in [7, 11) is 1.61. The summed E-state index contributed by atoms with van der Waals surface area (Å²) in [5, 5.41) is 9.25. The van der Waals surface area contributed by atoms with Crippen molar-refractivity contribution in [1.82, 2.24) is 9.88 Å². The van der Waals surface area contributed by atoms with Crippen LogP contribution in [0, 0.1) is 0 Å². The molecule has 6 nitrogen and oxygen atoms in total. The fourth-order valence-corrected chi connectivity index (χ4v) is 5.28. The minimum absolute atomic E-state index is 0.0166. The number of thiophene rings is 1. The maximum atomic E-state index is 12.8. The van der Waals surface area contributed by atoms with Gasteiger partial charge in [-0.2, -0.15) is 0 Å². The molecule has 0 aliphatic heterocycles. The van der Waals surface area contributed by atoms with Crippen LogP contribution in [0.25, 0.3) is 10.1 Å². The van der Waals surface area contributed by atoms with Crippen LogP contribution >= 0.6 is 11.3 Å². The van der Waals surface area contributed by atoms with Crippen molar-refractivity contribution in [3.05, 3.63) is 52.7 Å². The second-order valence-corrected chi connectivity index (χ2v) is 16.0. The summed E-state index contributed by atoms with van der Waals surface area (Å²) in [4.78, 5) is 19.3. The van der Waals surface area contributed by atoms with Crippen molar-refractivity contribution in [3.8, 4) is 0 Å². The number of hydrogen-bond donors (Lipinski definition) is 1. The maximum absolute atomic E-state index is 12.8. The molecule has 0 radical (unpaired) electrons. The molecule has 8 heteroatoms. The first-order valence-electron chi connectivity index (χ1n) is 11.2. The quantitative estimate of drug-likeness (QED) is 0.338. The van der Waals surface area contributed by atoms with Gasteiger partial charge in [0.25, 0.3) is 14.2 Å². The molecule has 2 heterocycles. The Morgan fingerprint density at radius 3 is 2.67 bits per heavy atom. The Bertz CT molecular complexity index is 1240. The minimum atomic E-state index is -1.94. The molecule has 4 rings (SSSR count). The normalized spacial score (nSPS) is 15.1. The number of anilines is 2. The summed E-state index contributed by atoms with van der Waals surface area (Å²) in [6, 6.07) is 8.29. The lowest BCUT2D eigenvalue weighted by Gasteiger charge is -2.33. The van der Waals surface area contributed by atoms with Gasteiger partial charge in [-0.15, -0.1) is 16.5 Å². The second-order valence-electron chi connectivity index (χ2n) is 10.3. The molecule has 1 N–H and O–H groups in total. The van der Waals surface area contributed by atoms with Gasteiger partial charge in [0.05, 0.1) is 16.1 Å². The first kappa shape index (κ1) is 23.4. The van der Waals surface area contributed by atoms with Crippen molar-refractivity contribution in [1.29, 1.82) is 0 Å². The summed E-state index contributed by atoms with van der Waals surface area (Å²) >= 11 is 1.47. The van der Waals surface area contributed by atoms with Crippen molar-refractivity contribution < 1.29 is 9.32 Å². The fraction of sp³-hybridized carbons (Fsp3) is 0.400. The highest BCUT2D eigenvalue weighted by Crippen LogP contribution is 2.39. The van der Waals surface area contributed by atoms with Gasteiger partial charge in [0, 0.05) is 43.1 Å². The number of aromatic nitrogens is 1. The second kappa shape index (κ2) is 8.57. The molecule has 0 spiro atoms. The molecule has 0 saturated carbocycles. The van der Waals surface area contributed by atoms with Gasteiger partial charge in [0.2, 0.25) is 0 Å². The average Bonchev–Trinajstić information content (AvgIpc) is 3.32. The molecule has 2 aromatic heterocycles. The van der Waals surface area contributed by atoms with Crippen LogP contribution in [0.15, 0.2) is 41.8 Å². The molecule has 1 aromatic carbocycles. The van der Waals surface area contributed by atoms with E-state index in [4.69, 9.17) is 4.53 Å². The van der Waals surface area contributed by atoms with Crippen LogP contribution in [0.4, 0.5) is 11.4 Å². The third kappa shape index (κ3) is 4.54. The maximum Gasteiger partial charge on any atom is 0.286 e. The average molecular weight is 481 g/mol. The highest BCUT2D eigenvalue weighted by molar-refractivity contribution is 7.21. The van der Waals surface area contributed by atoms with E-state index in [2.05, 4.69) is 67.5 Å². The Morgan fingerprint density at radius 1 is 1.21 bits per heavy atom. The van der Waals surface area contributed by atoms with Crippen LogP contribution in [-0.2, 0) is 10.9 Å². The lowest BCUT2D eigenvalue weighted by Crippen LogP contribution is -2.39. The molecule has 33 heavy (non-hydrogen) atoms. The van der Waals surface area contributed by atoms with Crippen LogP contribution in [0.3, 0.4) is 0 Å². The summed E-state index contributed by atoms with van der Waals surface area (Å²) in [6.45, 7) is 11.1. The van der Waals surface area contributed by atoms with Gasteiger partial charge in [-0.25, -0.2) is 0 Å². The number of hydrogen-bond acceptors (Lipinski definition) is 6. The summed E-state index contributed by atoms with van der Waals surface area (Å²) in [5.41, 5.74) is 5.23. The van der Waals surface area contributed by atoms with Crippen molar-refractivity contribution in [2.45, 2.75) is 51.7 Å². The Balaban J connectivity index is 1.63. The van der Waals surface area contributed by atoms with E-state index in [0.717, 1.165) is 45.6 Å². The van der Waals surface area contributed by atoms with E-state index in [0.29, 0.717) is 4.88 Å². The van der Waals surface area contributed by atoms with E-state index in [1.54, 1.807) is 25.2 Å². The lowest BCUT2D eigenvalue weighted by molar-refractivity contribution is 0.0833. The fourth-order valence-electron chi connectivity index (χ4n) is 3.52. The predicted octanol–water partition coefficient (Wildman–Crippen LogP) is 6.41. The van der Waals surface area contributed by atoms with Crippen molar-refractivity contribution in [3.63, 3.8) is 0 Å². The highest BCUT2D eigenvalue weighted by atomic mass is 32.1. The van der Waals surface area contributed by atoms with E-state index in [1.807, 2.05) is 12.3 Å². The zero-order valence-electron chi connectivity index (χ0n) is 20.4. The van der Waals surface area contributed by atoms with Gasteiger partial charge < -0.3 is 14.7 Å². The number of nitrogens with one attached hydrogen (secondary N) is 1. The van der Waals surface area contributed by atoms with E-state index >= 15 is 0 Å². The molecule has 0 bridgehead atoms. The highest BCUT2D eigenvalue weighted by Gasteiger charge is 2.40. The smallest absolute Gasteiger partial charge is 0.286 e. The van der Waals surface area contributed by atoms with Gasteiger partial charge >= 0.3 is 0 Å². The van der Waals surface area contributed by atoms with Crippen LogP contribution in [0.1, 0.15) is 48.0 Å². The predicted molar refractivity (Wildman–Crippen MR) is 141 cm³/mol. The Morgan fingerprint density at radius 2 is 1.97 bits per heavy atom. The van der Waals surface area contributed by atoms with Gasteiger partial charge in [0.1, 0.15) is 4.88 Å². The molecular formula is C25H32N4O2SSi. The molecule has 0 unspecified atom stereocenters. The minimum Gasteiger partial charge on any atom is -0.455 e. The summed E-state index contributed by atoms with van der Waals surface area (Å²) in [6.07, 6.45) is 5.39. The van der Waals surface area contributed by atoms with Crippen molar-refractivity contribution in [2.75, 3.05) is 19.4 Å². The molecule has 1 aliphatic rings. The molecule has 1 amide bonds. The summed E-state index contributed by atoms with van der Waals surface area (Å²) < 4.78 is 7.12. The molecule has 3 aromatic rings. The van der Waals surface area contributed by atoms with E-state index in [-0.39, 0.29) is 10.9 Å². The van der Waals surface area contributed by atoms with Crippen LogP contribution in [-0.4, -0.2) is 43.9 Å². The lowest BCUT2D eigenvalue weighted by atomic mass is 10.1. The van der Waals surface area contributed by atoms with Crippen LogP contribution < -0.4 is 5.32 Å². The summed E-state index contributed by atoms with van der Waals surface area (Å²) in [5.74, 6) is -0.0166. The Hall–Kier alpha value is -2.71. The van der Waals surface area contributed by atoms with Crippen LogP contribution in [0.5, 0.6) is 0 Å². The number of benzene rings is 1. The van der Waals surface area contributed by atoms with Crippen LogP contribution in [0.2, 0.25) is 18.1 Å². The topological polar surface area (TPSA) is 66.8 Å². The molecule has 0 fully saturated rings. The zero-order chi connectivity index (χ0) is 24.0. The Kier molecular flexibility index (Phi) is 6.09. The zero-order valence-corrected chi connectivity index (χ0v) is 22.3. The number of rotatable bonds is 5. The first-order chi connectivity index (χ1) is 15.5. The third-order valence-corrected chi connectivity index (χ3v) is 11.9. The Labute approximate surface area is 200 Å². The van der Waals surface area contributed by atoms with E-state index in [9.17, 15) is 4.79 Å². The number of aryl methyl sites for hydroxylation is 1. The molecular weight excluding hydrogens is 448 g/mol. The van der Waals surface area contributed by atoms with Crippen molar-refractivity contribution in [2.24, 2.45) is 5.16 Å². The van der Waals surface area contributed by atoms with Crippen molar-refractivity contribution >= 4 is 52.7 Å². The molecule has 0 atom stereocenters. The van der Waals surface area contributed by atoms with Gasteiger partial charge in [0.15, 0.2) is 0 Å². The number of pyridine rings is 1. The number of carbonyl (C=O) groups is 1. The van der Waals surface area contributed by atoms with Gasteiger partial charge in [-0.1, -0.05) is 26.8 Å². The number of oxime groups is 1. The molecule has 174 valence electrons. The SMILES string of the molecule is CN(C)C(=O)c1sc2cnccc2c1Nc1ccc2c(c1)CCC2=NO[Si](C)(C)C(C)(C)C. The monoisotopic (exact) mass is 480 g/mol. The first-order valence-corrected chi connectivity index (χ1v) is 14.9. The largest absolute Gasteiger partial charge is 0.455 e. The standard InChI is InChI=1S/C25H32N4O2SSi/c1-25(2,3)33(6,7)31-28-20-11-8-16-14-17(9-10-18(16)20)27-22-19-12-13-26-15-21(19)32-23(22)24(30)29(4)5/h9-10,12-15,27H,8,11H2,1-7H3. The number of nitrogens with zero attached hydrogens (tertiary/aromatic N) is 3. The molecule has 0 saturated heterocycles.